The van der Waals surface area contributed by atoms with Gasteiger partial charge in [-0.15, -0.1) is 0 Å². The third-order valence-corrected chi connectivity index (χ3v) is 4.06. The summed E-state index contributed by atoms with van der Waals surface area (Å²) in [6.07, 6.45) is 1.10. The number of carbonyl (C=O) groups is 1. The Labute approximate surface area is 120 Å². The van der Waals surface area contributed by atoms with E-state index in [9.17, 15) is 4.79 Å². The van der Waals surface area contributed by atoms with Gasteiger partial charge in [0.25, 0.3) is 5.91 Å². The lowest BCUT2D eigenvalue weighted by atomic mass is 9.95. The highest BCUT2D eigenvalue weighted by Gasteiger charge is 2.28. The largest absolute Gasteiger partial charge is 0.483 e. The minimum atomic E-state index is 0.0694. The van der Waals surface area contributed by atoms with Gasteiger partial charge in [0.15, 0.2) is 6.61 Å². The van der Waals surface area contributed by atoms with Crippen molar-refractivity contribution in [3.8, 4) is 5.75 Å². The Morgan fingerprint density at radius 1 is 1.45 bits per heavy atom. The van der Waals surface area contributed by atoms with Gasteiger partial charge in [-0.3, -0.25) is 4.79 Å². The molecular formula is C16H24N2O2. The molecule has 110 valence electrons. The molecule has 0 spiro atoms. The smallest absolute Gasteiger partial charge is 0.260 e. The molecule has 2 N–H and O–H groups in total. The summed E-state index contributed by atoms with van der Waals surface area (Å²) >= 11 is 0. The number of nitrogens with zero attached hydrogens (tertiary/aromatic N) is 1. The second kappa shape index (κ2) is 6.75. The zero-order chi connectivity index (χ0) is 14.5. The van der Waals surface area contributed by atoms with Gasteiger partial charge in [0.1, 0.15) is 5.75 Å². The average molecular weight is 276 g/mol. The molecule has 1 aliphatic heterocycles. The SMILES string of the molecule is CC(C)C1CCN(C(=O)COc2ccccc2CN)C1. The zero-order valence-electron chi connectivity index (χ0n) is 12.3. The van der Waals surface area contributed by atoms with Crippen molar-refractivity contribution in [3.63, 3.8) is 0 Å². The van der Waals surface area contributed by atoms with Gasteiger partial charge >= 0.3 is 0 Å². The van der Waals surface area contributed by atoms with E-state index in [1.807, 2.05) is 29.2 Å². The van der Waals surface area contributed by atoms with Gasteiger partial charge in [0.2, 0.25) is 0 Å². The third kappa shape index (κ3) is 3.51. The van der Waals surface area contributed by atoms with E-state index in [-0.39, 0.29) is 12.5 Å². The first-order chi connectivity index (χ1) is 9.61. The van der Waals surface area contributed by atoms with Crippen LogP contribution in [-0.2, 0) is 11.3 Å². The molecule has 20 heavy (non-hydrogen) atoms. The van der Waals surface area contributed by atoms with E-state index >= 15 is 0 Å². The second-order valence-corrected chi connectivity index (χ2v) is 5.73. The number of benzene rings is 1. The molecule has 1 amide bonds. The summed E-state index contributed by atoms with van der Waals surface area (Å²) in [7, 11) is 0. The first kappa shape index (κ1) is 14.9. The van der Waals surface area contributed by atoms with Gasteiger partial charge in [-0.2, -0.15) is 0 Å². The zero-order valence-corrected chi connectivity index (χ0v) is 12.3. The van der Waals surface area contributed by atoms with Crippen molar-refractivity contribution >= 4 is 5.91 Å². The predicted molar refractivity (Wildman–Crippen MR) is 79.4 cm³/mol. The quantitative estimate of drug-likeness (QED) is 0.895. The average Bonchev–Trinajstić information content (AvgIpc) is 2.95. The Hall–Kier alpha value is -1.55. The molecule has 4 nitrogen and oxygen atoms in total. The van der Waals surface area contributed by atoms with Gasteiger partial charge < -0.3 is 15.4 Å². The first-order valence-electron chi connectivity index (χ1n) is 7.30. The molecular weight excluding hydrogens is 252 g/mol. The maximum Gasteiger partial charge on any atom is 0.260 e. The molecule has 0 saturated carbocycles. The monoisotopic (exact) mass is 276 g/mol. The number of nitrogens with two attached hydrogens (primary N) is 1. The second-order valence-electron chi connectivity index (χ2n) is 5.73. The molecule has 1 heterocycles. The van der Waals surface area contributed by atoms with Gasteiger partial charge in [-0.25, -0.2) is 0 Å². The molecule has 1 aromatic rings. The Balaban J connectivity index is 1.87. The van der Waals surface area contributed by atoms with E-state index < -0.39 is 0 Å². The first-order valence-corrected chi connectivity index (χ1v) is 7.30. The number of amides is 1. The number of hydrogen-bond acceptors (Lipinski definition) is 3. The lowest BCUT2D eigenvalue weighted by molar-refractivity contribution is -0.132. The Morgan fingerprint density at radius 2 is 2.20 bits per heavy atom. The number of ether oxygens (including phenoxy) is 1. The van der Waals surface area contributed by atoms with Crippen LogP contribution in [0.5, 0.6) is 5.75 Å². The number of rotatable bonds is 5. The topological polar surface area (TPSA) is 55.6 Å². The van der Waals surface area contributed by atoms with E-state index in [2.05, 4.69) is 13.8 Å². The summed E-state index contributed by atoms with van der Waals surface area (Å²) in [6, 6.07) is 7.59. The molecule has 1 fully saturated rings. The lowest BCUT2D eigenvalue weighted by Crippen LogP contribution is -2.33. The normalized spacial score (nSPS) is 18.6. The molecule has 1 atom stereocenters. The van der Waals surface area contributed by atoms with Gasteiger partial charge in [0, 0.05) is 25.2 Å². The van der Waals surface area contributed by atoms with Crippen LogP contribution in [0.4, 0.5) is 0 Å². The molecule has 0 radical (unpaired) electrons. The highest BCUT2D eigenvalue weighted by atomic mass is 16.5. The van der Waals surface area contributed by atoms with E-state index in [0.29, 0.717) is 24.1 Å². The van der Waals surface area contributed by atoms with Crippen LogP contribution in [0, 0.1) is 11.8 Å². The van der Waals surface area contributed by atoms with Crippen LogP contribution < -0.4 is 10.5 Å². The fourth-order valence-electron chi connectivity index (χ4n) is 2.60. The minimum absolute atomic E-state index is 0.0694. The Kier molecular flexibility index (Phi) is 5.01. The number of para-hydroxylation sites is 1. The minimum Gasteiger partial charge on any atom is -0.483 e. The lowest BCUT2D eigenvalue weighted by Gasteiger charge is -2.19. The van der Waals surface area contributed by atoms with Gasteiger partial charge in [0.05, 0.1) is 0 Å². The van der Waals surface area contributed by atoms with Crippen molar-refractivity contribution in [3.05, 3.63) is 29.8 Å². The van der Waals surface area contributed by atoms with Crippen molar-refractivity contribution in [2.24, 2.45) is 17.6 Å². The van der Waals surface area contributed by atoms with E-state index in [1.165, 1.54) is 0 Å². The van der Waals surface area contributed by atoms with Crippen molar-refractivity contribution in [2.75, 3.05) is 19.7 Å². The van der Waals surface area contributed by atoms with Crippen molar-refractivity contribution in [1.29, 1.82) is 0 Å². The summed E-state index contributed by atoms with van der Waals surface area (Å²) in [6.45, 7) is 6.66. The highest BCUT2D eigenvalue weighted by Crippen LogP contribution is 2.24. The van der Waals surface area contributed by atoms with Crippen molar-refractivity contribution < 1.29 is 9.53 Å². The van der Waals surface area contributed by atoms with Crippen LogP contribution in [-0.4, -0.2) is 30.5 Å². The molecule has 2 rings (SSSR count). The highest BCUT2D eigenvalue weighted by molar-refractivity contribution is 5.78. The van der Waals surface area contributed by atoms with Gasteiger partial charge in [-0.05, 0) is 24.3 Å². The van der Waals surface area contributed by atoms with Gasteiger partial charge in [-0.1, -0.05) is 32.0 Å². The molecule has 1 aliphatic rings. The van der Waals surface area contributed by atoms with E-state index in [4.69, 9.17) is 10.5 Å². The van der Waals surface area contributed by atoms with Crippen LogP contribution in [0.1, 0.15) is 25.8 Å². The number of hydrogen-bond donors (Lipinski definition) is 1. The van der Waals surface area contributed by atoms with Crippen LogP contribution in [0.25, 0.3) is 0 Å². The third-order valence-electron chi connectivity index (χ3n) is 4.06. The number of carbonyl (C=O) groups excluding carboxylic acids is 1. The molecule has 1 saturated heterocycles. The molecule has 0 aromatic heterocycles. The summed E-state index contributed by atoms with van der Waals surface area (Å²) in [4.78, 5) is 14.1. The van der Waals surface area contributed by atoms with Crippen molar-refractivity contribution in [2.45, 2.75) is 26.8 Å². The number of likely N-dealkylation sites (tertiary alicyclic amines) is 1. The molecule has 1 unspecified atom stereocenters. The fourth-order valence-corrected chi connectivity index (χ4v) is 2.60. The predicted octanol–water partition coefficient (Wildman–Crippen LogP) is 2.03. The fraction of sp³-hybridized carbons (Fsp3) is 0.562. The summed E-state index contributed by atoms with van der Waals surface area (Å²) in [5.74, 6) is 2.03. The molecule has 4 heteroatoms. The summed E-state index contributed by atoms with van der Waals surface area (Å²) < 4.78 is 5.63. The summed E-state index contributed by atoms with van der Waals surface area (Å²) in [5.41, 5.74) is 6.59. The van der Waals surface area contributed by atoms with Crippen molar-refractivity contribution in [1.82, 2.24) is 4.90 Å². The Bertz CT molecular complexity index is 460. The van der Waals surface area contributed by atoms with Crippen LogP contribution >= 0.6 is 0 Å². The van der Waals surface area contributed by atoms with E-state index in [0.717, 1.165) is 25.1 Å². The molecule has 1 aromatic carbocycles. The summed E-state index contributed by atoms with van der Waals surface area (Å²) in [5, 5.41) is 0. The standard InChI is InChI=1S/C16H24N2O2/c1-12(2)14-7-8-18(10-14)16(19)11-20-15-6-4-3-5-13(15)9-17/h3-6,12,14H,7-11,17H2,1-2H3. The van der Waals surface area contributed by atoms with Crippen LogP contribution in [0.15, 0.2) is 24.3 Å². The molecule has 0 aliphatic carbocycles. The Morgan fingerprint density at radius 3 is 2.85 bits per heavy atom. The maximum atomic E-state index is 12.2. The maximum absolute atomic E-state index is 12.2. The van der Waals surface area contributed by atoms with Crippen LogP contribution in [0.2, 0.25) is 0 Å². The molecule has 0 bridgehead atoms. The van der Waals surface area contributed by atoms with Crippen LogP contribution in [0.3, 0.4) is 0 Å². The van der Waals surface area contributed by atoms with E-state index in [1.54, 1.807) is 0 Å².